The standard InChI is InChI=1S/C23H33ClO7/c1-5-30-17-9-7-16(8-10-17)12-14(2)18(24)11-6-15(3)23(29-4)22(28)21(27)20(26)19(13-25)31-23/h6-11,15,19-22,25-28H,5,12-13H2,1-4H3/b11-6-,18-14-/t15-,19-,20-,21+,22-,23+/m1/s1. The fraction of sp³-hybridized carbons (Fsp3) is 0.565. The second kappa shape index (κ2) is 11.4. The molecule has 1 aliphatic heterocycles. The third kappa shape index (κ3) is 5.87. The number of rotatable bonds is 9. The van der Waals surface area contributed by atoms with Crippen LogP contribution in [0, 0.1) is 5.92 Å². The van der Waals surface area contributed by atoms with E-state index in [9.17, 15) is 20.4 Å². The molecule has 31 heavy (non-hydrogen) atoms. The monoisotopic (exact) mass is 456 g/mol. The van der Waals surface area contributed by atoms with Crippen LogP contribution >= 0.6 is 11.6 Å². The average Bonchev–Trinajstić information content (AvgIpc) is 2.77. The molecule has 1 saturated heterocycles. The van der Waals surface area contributed by atoms with Gasteiger partial charge in [0.15, 0.2) is 0 Å². The number of ether oxygens (including phenoxy) is 3. The predicted molar refractivity (Wildman–Crippen MR) is 118 cm³/mol. The minimum atomic E-state index is -1.65. The highest BCUT2D eigenvalue weighted by Crippen LogP contribution is 2.37. The molecule has 1 aromatic carbocycles. The zero-order valence-electron chi connectivity index (χ0n) is 18.4. The Balaban J connectivity index is 2.15. The lowest BCUT2D eigenvalue weighted by Crippen LogP contribution is -2.67. The number of halogens is 1. The van der Waals surface area contributed by atoms with Gasteiger partial charge in [-0.15, -0.1) is 0 Å². The molecule has 0 spiro atoms. The van der Waals surface area contributed by atoms with E-state index < -0.39 is 42.7 Å². The van der Waals surface area contributed by atoms with Gasteiger partial charge in [-0.3, -0.25) is 0 Å². The van der Waals surface area contributed by atoms with E-state index in [1.54, 1.807) is 19.1 Å². The van der Waals surface area contributed by atoms with Crippen molar-refractivity contribution in [2.45, 2.75) is 57.4 Å². The molecule has 174 valence electrons. The summed E-state index contributed by atoms with van der Waals surface area (Å²) >= 11 is 6.47. The highest BCUT2D eigenvalue weighted by molar-refractivity contribution is 6.31. The van der Waals surface area contributed by atoms with Crippen molar-refractivity contribution in [3.63, 3.8) is 0 Å². The Kier molecular flexibility index (Phi) is 9.51. The summed E-state index contributed by atoms with van der Waals surface area (Å²) in [6.45, 7) is 5.67. The van der Waals surface area contributed by atoms with Crippen molar-refractivity contribution in [1.29, 1.82) is 0 Å². The van der Waals surface area contributed by atoms with Crippen molar-refractivity contribution in [3.05, 3.63) is 52.6 Å². The number of aliphatic hydroxyl groups is 4. The van der Waals surface area contributed by atoms with Gasteiger partial charge in [-0.05, 0) is 44.0 Å². The Morgan fingerprint density at radius 2 is 1.87 bits per heavy atom. The quantitative estimate of drug-likeness (QED) is 0.421. The Morgan fingerprint density at radius 3 is 2.42 bits per heavy atom. The predicted octanol–water partition coefficient (Wildman–Crippen LogP) is 2.15. The van der Waals surface area contributed by atoms with E-state index in [0.717, 1.165) is 16.9 Å². The number of methoxy groups -OCH3 is 1. The van der Waals surface area contributed by atoms with Crippen molar-refractivity contribution in [2.75, 3.05) is 20.3 Å². The van der Waals surface area contributed by atoms with E-state index in [0.29, 0.717) is 18.1 Å². The Bertz CT molecular complexity index is 762. The summed E-state index contributed by atoms with van der Waals surface area (Å²) in [5.74, 6) is -1.39. The molecule has 0 saturated carbocycles. The molecule has 1 aromatic rings. The molecule has 0 aromatic heterocycles. The zero-order valence-corrected chi connectivity index (χ0v) is 19.1. The molecular formula is C23H33ClO7. The smallest absolute Gasteiger partial charge is 0.203 e. The summed E-state index contributed by atoms with van der Waals surface area (Å²) in [6, 6.07) is 7.80. The van der Waals surface area contributed by atoms with Crippen LogP contribution in [0.3, 0.4) is 0 Å². The summed E-state index contributed by atoms with van der Waals surface area (Å²) in [5, 5.41) is 40.7. The lowest BCUT2D eigenvalue weighted by atomic mass is 9.85. The molecule has 8 heteroatoms. The van der Waals surface area contributed by atoms with Crippen molar-refractivity contribution >= 4 is 11.6 Å². The van der Waals surface area contributed by atoms with Crippen LogP contribution in [0.1, 0.15) is 26.3 Å². The Morgan fingerprint density at radius 1 is 1.23 bits per heavy atom. The van der Waals surface area contributed by atoms with Gasteiger partial charge in [0.1, 0.15) is 30.2 Å². The topological polar surface area (TPSA) is 109 Å². The molecule has 0 unspecified atom stereocenters. The van der Waals surface area contributed by atoms with E-state index in [2.05, 4.69) is 0 Å². The van der Waals surface area contributed by atoms with E-state index >= 15 is 0 Å². The highest BCUT2D eigenvalue weighted by Gasteiger charge is 2.56. The van der Waals surface area contributed by atoms with Gasteiger partial charge in [-0.1, -0.05) is 42.3 Å². The van der Waals surface area contributed by atoms with Crippen molar-refractivity contribution in [2.24, 2.45) is 5.92 Å². The third-order valence-electron chi connectivity index (χ3n) is 5.58. The minimum absolute atomic E-state index is 0.525. The van der Waals surface area contributed by atoms with Gasteiger partial charge >= 0.3 is 0 Å². The second-order valence-corrected chi connectivity index (χ2v) is 8.13. The van der Waals surface area contributed by atoms with Crippen LogP contribution < -0.4 is 4.74 Å². The molecular weight excluding hydrogens is 424 g/mol. The van der Waals surface area contributed by atoms with Crippen LogP contribution in [0.15, 0.2) is 47.0 Å². The van der Waals surface area contributed by atoms with Crippen LogP contribution in [0.25, 0.3) is 0 Å². The second-order valence-electron chi connectivity index (χ2n) is 7.72. The molecule has 1 fully saturated rings. The Labute approximate surface area is 188 Å². The van der Waals surface area contributed by atoms with Gasteiger partial charge in [-0.2, -0.15) is 0 Å². The molecule has 0 amide bonds. The van der Waals surface area contributed by atoms with Crippen LogP contribution in [0.4, 0.5) is 0 Å². The molecule has 4 N–H and O–H groups in total. The van der Waals surface area contributed by atoms with Gasteiger partial charge < -0.3 is 34.6 Å². The molecule has 0 bridgehead atoms. The number of hydrogen-bond donors (Lipinski definition) is 4. The largest absolute Gasteiger partial charge is 0.494 e. The van der Waals surface area contributed by atoms with Gasteiger partial charge in [0.05, 0.1) is 13.2 Å². The first-order chi connectivity index (χ1) is 14.7. The van der Waals surface area contributed by atoms with Crippen LogP contribution in [-0.2, 0) is 15.9 Å². The van der Waals surface area contributed by atoms with E-state index in [4.69, 9.17) is 25.8 Å². The first-order valence-corrected chi connectivity index (χ1v) is 10.7. The van der Waals surface area contributed by atoms with Gasteiger partial charge in [0.2, 0.25) is 5.79 Å². The summed E-state index contributed by atoms with van der Waals surface area (Å²) < 4.78 is 16.6. The number of hydrogen-bond acceptors (Lipinski definition) is 7. The maximum Gasteiger partial charge on any atom is 0.203 e. The minimum Gasteiger partial charge on any atom is -0.494 e. The molecule has 7 nitrogen and oxygen atoms in total. The third-order valence-corrected chi connectivity index (χ3v) is 6.03. The van der Waals surface area contributed by atoms with Crippen molar-refractivity contribution in [1.82, 2.24) is 0 Å². The molecule has 1 heterocycles. The van der Waals surface area contributed by atoms with Gasteiger partial charge in [-0.25, -0.2) is 0 Å². The summed E-state index contributed by atoms with van der Waals surface area (Å²) in [5.41, 5.74) is 2.03. The van der Waals surface area contributed by atoms with Crippen LogP contribution in [0.5, 0.6) is 5.75 Å². The van der Waals surface area contributed by atoms with E-state index in [-0.39, 0.29) is 0 Å². The van der Waals surface area contributed by atoms with Crippen LogP contribution in [-0.4, -0.2) is 71.0 Å². The molecule has 0 aliphatic carbocycles. The lowest BCUT2D eigenvalue weighted by molar-refractivity contribution is -0.369. The molecule has 2 rings (SSSR count). The fourth-order valence-corrected chi connectivity index (χ4v) is 3.80. The van der Waals surface area contributed by atoms with Gasteiger partial charge in [0, 0.05) is 18.1 Å². The summed E-state index contributed by atoms with van der Waals surface area (Å²) in [6.07, 6.45) is -1.54. The number of allylic oxidation sites excluding steroid dienone is 3. The molecule has 1 aliphatic rings. The maximum atomic E-state index is 10.5. The number of benzene rings is 1. The van der Waals surface area contributed by atoms with Gasteiger partial charge in [0.25, 0.3) is 0 Å². The van der Waals surface area contributed by atoms with Crippen LogP contribution in [0.2, 0.25) is 0 Å². The van der Waals surface area contributed by atoms with Crippen molar-refractivity contribution < 1.29 is 34.6 Å². The normalized spacial score (nSPS) is 30.9. The average molecular weight is 457 g/mol. The fourth-order valence-electron chi connectivity index (χ4n) is 3.66. The lowest BCUT2D eigenvalue weighted by Gasteiger charge is -2.49. The highest BCUT2D eigenvalue weighted by atomic mass is 35.5. The zero-order chi connectivity index (χ0) is 23.2. The molecule has 0 radical (unpaired) electrons. The maximum absolute atomic E-state index is 10.5. The van der Waals surface area contributed by atoms with Crippen molar-refractivity contribution in [3.8, 4) is 5.75 Å². The first kappa shape index (κ1) is 25.8. The summed E-state index contributed by atoms with van der Waals surface area (Å²) in [4.78, 5) is 0. The number of aliphatic hydroxyl groups excluding tert-OH is 4. The first-order valence-electron chi connectivity index (χ1n) is 10.3. The Hall–Kier alpha value is -1.45. The molecule has 6 atom stereocenters. The summed E-state index contributed by atoms with van der Waals surface area (Å²) in [7, 11) is 1.33. The van der Waals surface area contributed by atoms with E-state index in [1.807, 2.05) is 38.1 Å². The van der Waals surface area contributed by atoms with E-state index in [1.165, 1.54) is 7.11 Å². The SMILES string of the molecule is CCOc1ccc(C/C(C)=C(Cl)/C=C\[C@@H](C)[C@]2(OC)O[C@H](CO)[C@@H](O)[C@H](O)[C@H]2O)cc1.